The summed E-state index contributed by atoms with van der Waals surface area (Å²) in [4.78, 5) is 2.37. The molecule has 2 unspecified atom stereocenters. The third-order valence-corrected chi connectivity index (χ3v) is 5.49. The summed E-state index contributed by atoms with van der Waals surface area (Å²) in [6, 6.07) is 6.85. The first-order valence-electron chi connectivity index (χ1n) is 8.16. The molecule has 2 nitrogen and oxygen atoms in total. The Morgan fingerprint density at radius 1 is 1.29 bits per heavy atom. The quantitative estimate of drug-likeness (QED) is 0.857. The Hall–Kier alpha value is -0.610. The molecule has 2 aliphatic heterocycles. The largest absolute Gasteiger partial charge is 0.362 e. The van der Waals surface area contributed by atoms with Crippen molar-refractivity contribution < 1.29 is 4.39 Å². The van der Waals surface area contributed by atoms with Crippen LogP contribution >= 0.6 is 15.9 Å². The van der Waals surface area contributed by atoms with Gasteiger partial charge in [-0.3, -0.25) is 0 Å². The zero-order valence-corrected chi connectivity index (χ0v) is 14.2. The van der Waals surface area contributed by atoms with E-state index in [4.69, 9.17) is 0 Å². The van der Waals surface area contributed by atoms with Crippen LogP contribution < -0.4 is 10.2 Å². The standard InChI is InChI=1S/C17H24BrFN2/c1-2-9-20-12-10-13-5-3-6-14(11-12)21(13)17-15(18)7-4-8-16(17)19/h4,7-8,12-14,20H,2-3,5-6,9-11H2,1H3. The first-order chi connectivity index (χ1) is 10.2. The highest BCUT2D eigenvalue weighted by atomic mass is 79.9. The van der Waals surface area contributed by atoms with E-state index in [1.165, 1.54) is 25.7 Å². The Balaban J connectivity index is 1.84. The molecule has 2 saturated heterocycles. The lowest BCUT2D eigenvalue weighted by Crippen LogP contribution is -2.57. The van der Waals surface area contributed by atoms with Crippen molar-refractivity contribution in [3.05, 3.63) is 28.5 Å². The van der Waals surface area contributed by atoms with Crippen molar-refractivity contribution in [3.63, 3.8) is 0 Å². The van der Waals surface area contributed by atoms with Gasteiger partial charge in [0.25, 0.3) is 0 Å². The first kappa shape index (κ1) is 15.3. The molecular formula is C17H24BrFN2. The number of piperidine rings is 2. The Kier molecular flexibility index (Phi) is 4.85. The minimum atomic E-state index is -0.0961. The van der Waals surface area contributed by atoms with Gasteiger partial charge in [0.1, 0.15) is 5.82 Å². The number of nitrogens with zero attached hydrogens (tertiary/aromatic N) is 1. The summed E-state index contributed by atoms with van der Waals surface area (Å²) in [6.45, 7) is 3.30. The third-order valence-electron chi connectivity index (χ3n) is 4.85. The summed E-state index contributed by atoms with van der Waals surface area (Å²) < 4.78 is 15.2. The summed E-state index contributed by atoms with van der Waals surface area (Å²) in [7, 11) is 0. The monoisotopic (exact) mass is 354 g/mol. The van der Waals surface area contributed by atoms with Gasteiger partial charge in [0.2, 0.25) is 0 Å². The van der Waals surface area contributed by atoms with Gasteiger partial charge in [0.15, 0.2) is 0 Å². The van der Waals surface area contributed by atoms with Crippen LogP contribution in [-0.4, -0.2) is 24.7 Å². The van der Waals surface area contributed by atoms with Crippen molar-refractivity contribution in [1.29, 1.82) is 0 Å². The highest BCUT2D eigenvalue weighted by Gasteiger charge is 2.39. The molecule has 1 N–H and O–H groups in total. The molecule has 2 bridgehead atoms. The van der Waals surface area contributed by atoms with Gasteiger partial charge in [-0.05, 0) is 73.1 Å². The number of hydrogen-bond acceptors (Lipinski definition) is 2. The van der Waals surface area contributed by atoms with E-state index < -0.39 is 0 Å². The molecular weight excluding hydrogens is 331 g/mol. The molecule has 2 aliphatic rings. The second kappa shape index (κ2) is 6.66. The predicted octanol–water partition coefficient (Wildman–Crippen LogP) is 4.48. The summed E-state index contributed by atoms with van der Waals surface area (Å²) in [6.07, 6.45) is 7.09. The number of halogens is 2. The number of fused-ring (bicyclic) bond motifs is 2. The zero-order valence-electron chi connectivity index (χ0n) is 12.6. The molecule has 1 aromatic rings. The van der Waals surface area contributed by atoms with Gasteiger partial charge in [-0.25, -0.2) is 4.39 Å². The SMILES string of the molecule is CCCNC1CC2CCCC(C1)N2c1c(F)cccc1Br. The van der Waals surface area contributed by atoms with E-state index in [0.717, 1.165) is 29.5 Å². The van der Waals surface area contributed by atoms with Crippen LogP contribution in [0.3, 0.4) is 0 Å². The first-order valence-corrected chi connectivity index (χ1v) is 8.95. The number of rotatable bonds is 4. The van der Waals surface area contributed by atoms with E-state index in [-0.39, 0.29) is 5.82 Å². The van der Waals surface area contributed by atoms with Gasteiger partial charge < -0.3 is 10.2 Å². The Morgan fingerprint density at radius 2 is 2.00 bits per heavy atom. The van der Waals surface area contributed by atoms with E-state index in [9.17, 15) is 4.39 Å². The summed E-state index contributed by atoms with van der Waals surface area (Å²) in [5.41, 5.74) is 0.779. The zero-order chi connectivity index (χ0) is 14.8. The van der Waals surface area contributed by atoms with E-state index in [1.54, 1.807) is 12.1 Å². The molecule has 0 saturated carbocycles. The summed E-state index contributed by atoms with van der Waals surface area (Å²) >= 11 is 3.55. The lowest BCUT2D eigenvalue weighted by atomic mass is 9.81. The van der Waals surface area contributed by atoms with Crippen molar-refractivity contribution in [2.45, 2.75) is 63.6 Å². The van der Waals surface area contributed by atoms with Gasteiger partial charge in [0.05, 0.1) is 5.69 Å². The lowest BCUT2D eigenvalue weighted by molar-refractivity contribution is 0.244. The van der Waals surface area contributed by atoms with E-state index in [0.29, 0.717) is 18.1 Å². The van der Waals surface area contributed by atoms with Crippen LogP contribution in [0.2, 0.25) is 0 Å². The second-order valence-corrected chi connectivity index (χ2v) is 7.19. The fourth-order valence-electron chi connectivity index (χ4n) is 4.00. The summed E-state index contributed by atoms with van der Waals surface area (Å²) in [5, 5.41) is 3.67. The molecule has 1 aromatic carbocycles. The molecule has 4 heteroatoms. The van der Waals surface area contributed by atoms with Gasteiger partial charge in [-0.1, -0.05) is 13.0 Å². The number of nitrogens with one attached hydrogen (secondary N) is 1. The molecule has 3 rings (SSSR count). The fraction of sp³-hybridized carbons (Fsp3) is 0.647. The molecule has 0 aromatic heterocycles. The number of anilines is 1. The smallest absolute Gasteiger partial charge is 0.147 e. The van der Waals surface area contributed by atoms with Crippen molar-refractivity contribution >= 4 is 21.6 Å². The van der Waals surface area contributed by atoms with Gasteiger partial charge in [0, 0.05) is 22.6 Å². The van der Waals surface area contributed by atoms with Crippen LogP contribution in [-0.2, 0) is 0 Å². The minimum Gasteiger partial charge on any atom is -0.362 e. The van der Waals surface area contributed by atoms with Gasteiger partial charge >= 0.3 is 0 Å². The van der Waals surface area contributed by atoms with Crippen molar-refractivity contribution in [3.8, 4) is 0 Å². The Bertz CT molecular complexity index is 459. The maximum absolute atomic E-state index is 14.4. The van der Waals surface area contributed by atoms with Crippen LogP contribution in [0.5, 0.6) is 0 Å². The molecule has 0 aliphatic carbocycles. The maximum atomic E-state index is 14.4. The van der Waals surface area contributed by atoms with Crippen LogP contribution in [0.4, 0.5) is 10.1 Å². The number of benzene rings is 1. The third kappa shape index (κ3) is 3.11. The molecule has 0 spiro atoms. The molecule has 21 heavy (non-hydrogen) atoms. The number of hydrogen-bond donors (Lipinski definition) is 1. The molecule has 2 heterocycles. The molecule has 0 radical (unpaired) electrons. The van der Waals surface area contributed by atoms with Crippen molar-refractivity contribution in [2.75, 3.05) is 11.4 Å². The van der Waals surface area contributed by atoms with Crippen LogP contribution in [0.15, 0.2) is 22.7 Å². The maximum Gasteiger partial charge on any atom is 0.147 e. The molecule has 2 atom stereocenters. The minimum absolute atomic E-state index is 0.0961. The lowest BCUT2D eigenvalue weighted by Gasteiger charge is -2.50. The normalized spacial score (nSPS) is 28.7. The summed E-state index contributed by atoms with van der Waals surface area (Å²) in [5.74, 6) is -0.0961. The highest BCUT2D eigenvalue weighted by Crippen LogP contribution is 2.41. The molecule has 116 valence electrons. The van der Waals surface area contributed by atoms with Gasteiger partial charge in [-0.15, -0.1) is 0 Å². The van der Waals surface area contributed by atoms with Gasteiger partial charge in [-0.2, -0.15) is 0 Å². The number of para-hydroxylation sites is 1. The Labute approximate surface area is 135 Å². The Morgan fingerprint density at radius 3 is 2.62 bits per heavy atom. The average Bonchev–Trinajstić information content (AvgIpc) is 2.45. The van der Waals surface area contributed by atoms with Crippen molar-refractivity contribution in [1.82, 2.24) is 5.32 Å². The fourth-order valence-corrected chi connectivity index (χ4v) is 4.54. The van der Waals surface area contributed by atoms with E-state index >= 15 is 0 Å². The molecule has 0 amide bonds. The van der Waals surface area contributed by atoms with Crippen LogP contribution in [0, 0.1) is 5.82 Å². The highest BCUT2D eigenvalue weighted by molar-refractivity contribution is 9.10. The van der Waals surface area contributed by atoms with Crippen molar-refractivity contribution in [2.24, 2.45) is 0 Å². The van der Waals surface area contributed by atoms with E-state index in [1.807, 2.05) is 6.07 Å². The predicted molar refractivity (Wildman–Crippen MR) is 89.3 cm³/mol. The topological polar surface area (TPSA) is 15.3 Å². The average molecular weight is 355 g/mol. The second-order valence-electron chi connectivity index (χ2n) is 6.34. The van der Waals surface area contributed by atoms with Crippen LogP contribution in [0.1, 0.15) is 45.4 Å². The molecule has 2 fully saturated rings. The van der Waals surface area contributed by atoms with Crippen LogP contribution in [0.25, 0.3) is 0 Å². The van der Waals surface area contributed by atoms with E-state index in [2.05, 4.69) is 33.1 Å².